The molecule has 0 aliphatic heterocycles. The lowest BCUT2D eigenvalue weighted by Crippen LogP contribution is -2.15. The number of nitro benzene ring substituents is 2. The second-order valence-electron chi connectivity index (χ2n) is 5.44. The molecule has 12 heteroatoms. The lowest BCUT2D eigenvalue weighted by Gasteiger charge is -2.07. The third-order valence-corrected chi connectivity index (χ3v) is 4.80. The van der Waals surface area contributed by atoms with Gasteiger partial charge in [0.1, 0.15) is 13.2 Å². The fraction of sp³-hybridized carbons (Fsp3) is 0.188. The number of nitro groups is 2. The van der Waals surface area contributed by atoms with Crippen molar-refractivity contribution in [2.45, 2.75) is 11.8 Å². The predicted molar refractivity (Wildman–Crippen MR) is 94.4 cm³/mol. The zero-order valence-electron chi connectivity index (χ0n) is 14.4. The quantitative estimate of drug-likeness (QED) is 0.209. The average Bonchev–Trinajstić information content (AvgIpc) is 2.64. The van der Waals surface area contributed by atoms with Gasteiger partial charge in [-0.2, -0.15) is 8.42 Å². The van der Waals surface area contributed by atoms with Gasteiger partial charge in [0.2, 0.25) is 0 Å². The van der Waals surface area contributed by atoms with Crippen molar-refractivity contribution in [2.75, 3.05) is 13.2 Å². The normalized spacial score (nSPS) is 11.0. The van der Waals surface area contributed by atoms with E-state index in [0.717, 1.165) is 17.7 Å². The first-order valence-corrected chi connectivity index (χ1v) is 9.08. The third kappa shape index (κ3) is 5.08. The minimum absolute atomic E-state index is 0.0598. The first-order valence-electron chi connectivity index (χ1n) is 7.68. The van der Waals surface area contributed by atoms with E-state index < -0.39 is 50.5 Å². The second kappa shape index (κ2) is 8.54. The molecule has 148 valence electrons. The van der Waals surface area contributed by atoms with Crippen LogP contribution in [-0.2, 0) is 19.0 Å². The van der Waals surface area contributed by atoms with Crippen LogP contribution in [0.2, 0.25) is 0 Å². The number of carbonyl (C=O) groups is 1. The van der Waals surface area contributed by atoms with Crippen LogP contribution in [0.15, 0.2) is 47.4 Å². The van der Waals surface area contributed by atoms with Crippen LogP contribution in [0.5, 0.6) is 0 Å². The highest BCUT2D eigenvalue weighted by atomic mass is 32.2. The standard InChI is InChI=1S/C16H14N2O9S/c1-11-2-5-13(6-3-11)28(24,25)27-9-8-26-16(19)12-4-7-14(17(20)21)15(10-12)18(22)23/h2-7,10H,8-9H2,1H3. The van der Waals surface area contributed by atoms with Crippen LogP contribution < -0.4 is 0 Å². The molecule has 0 aliphatic rings. The number of aryl methyl sites for hydroxylation is 1. The van der Waals surface area contributed by atoms with E-state index in [2.05, 4.69) is 0 Å². The number of hydrogen-bond donors (Lipinski definition) is 0. The van der Waals surface area contributed by atoms with E-state index >= 15 is 0 Å². The van der Waals surface area contributed by atoms with Gasteiger partial charge in [0.15, 0.2) is 0 Å². The van der Waals surface area contributed by atoms with Crippen molar-refractivity contribution in [3.8, 4) is 0 Å². The maximum absolute atomic E-state index is 12.0. The molecule has 0 aliphatic carbocycles. The summed E-state index contributed by atoms with van der Waals surface area (Å²) in [6, 6.07) is 8.45. The van der Waals surface area contributed by atoms with Crippen LogP contribution in [-0.4, -0.2) is 37.4 Å². The van der Waals surface area contributed by atoms with Gasteiger partial charge in [-0.15, -0.1) is 0 Å². The van der Waals surface area contributed by atoms with Crippen LogP contribution in [0, 0.1) is 27.2 Å². The van der Waals surface area contributed by atoms with E-state index in [9.17, 15) is 33.4 Å². The molecular formula is C16H14N2O9S. The Balaban J connectivity index is 1.97. The molecule has 2 aromatic rings. The molecule has 0 saturated heterocycles. The Bertz CT molecular complexity index is 1020. The molecule has 0 spiro atoms. The van der Waals surface area contributed by atoms with Gasteiger partial charge in [0.25, 0.3) is 10.1 Å². The van der Waals surface area contributed by atoms with Crippen molar-refractivity contribution in [1.82, 2.24) is 0 Å². The molecule has 0 atom stereocenters. The van der Waals surface area contributed by atoms with Crippen molar-refractivity contribution >= 4 is 27.5 Å². The number of hydrogen-bond acceptors (Lipinski definition) is 9. The van der Waals surface area contributed by atoms with Crippen molar-refractivity contribution < 1.29 is 32.0 Å². The SMILES string of the molecule is Cc1ccc(S(=O)(=O)OCCOC(=O)c2ccc([N+](=O)[O-])c([N+](=O)[O-])c2)cc1. The number of benzene rings is 2. The first-order chi connectivity index (χ1) is 13.1. The number of ether oxygens (including phenoxy) is 1. The van der Waals surface area contributed by atoms with Gasteiger partial charge in [-0.1, -0.05) is 17.7 Å². The molecular weight excluding hydrogens is 396 g/mol. The predicted octanol–water partition coefficient (Wildman–Crippen LogP) is 2.37. The molecule has 0 heterocycles. The molecule has 2 rings (SSSR count). The molecule has 0 aromatic heterocycles. The van der Waals surface area contributed by atoms with Gasteiger partial charge in [-0.05, 0) is 25.1 Å². The summed E-state index contributed by atoms with van der Waals surface area (Å²) in [6.07, 6.45) is 0. The number of nitrogens with zero attached hydrogens (tertiary/aromatic N) is 2. The Morgan fingerprint density at radius 1 is 0.964 bits per heavy atom. The van der Waals surface area contributed by atoms with Crippen molar-refractivity contribution in [2.24, 2.45) is 0 Å². The van der Waals surface area contributed by atoms with E-state index in [1.807, 2.05) is 0 Å². The van der Waals surface area contributed by atoms with Crippen LogP contribution in [0.3, 0.4) is 0 Å². The minimum atomic E-state index is -4.03. The fourth-order valence-corrected chi connectivity index (χ4v) is 2.98. The number of esters is 1. The van der Waals surface area contributed by atoms with Gasteiger partial charge in [-0.25, -0.2) is 4.79 Å². The number of carbonyl (C=O) groups excluding carboxylic acids is 1. The molecule has 11 nitrogen and oxygen atoms in total. The van der Waals surface area contributed by atoms with E-state index in [0.29, 0.717) is 6.07 Å². The van der Waals surface area contributed by atoms with Crippen LogP contribution in [0.25, 0.3) is 0 Å². The summed E-state index contributed by atoms with van der Waals surface area (Å²) in [4.78, 5) is 31.6. The van der Waals surface area contributed by atoms with Gasteiger partial charge in [-0.3, -0.25) is 24.4 Å². The lowest BCUT2D eigenvalue weighted by molar-refractivity contribution is -0.422. The molecule has 0 amide bonds. The third-order valence-electron chi connectivity index (χ3n) is 3.47. The zero-order valence-corrected chi connectivity index (χ0v) is 15.2. The van der Waals surface area contributed by atoms with E-state index in [-0.39, 0.29) is 10.5 Å². The molecule has 2 aromatic carbocycles. The maximum Gasteiger partial charge on any atom is 0.346 e. The van der Waals surface area contributed by atoms with Crippen molar-refractivity contribution in [1.29, 1.82) is 0 Å². The van der Waals surface area contributed by atoms with Gasteiger partial charge in [0, 0.05) is 12.1 Å². The Hall–Kier alpha value is -3.38. The van der Waals surface area contributed by atoms with Gasteiger partial charge in [0.05, 0.1) is 20.3 Å². The van der Waals surface area contributed by atoms with E-state index in [4.69, 9.17) is 8.92 Å². The summed E-state index contributed by atoms with van der Waals surface area (Å²) in [5, 5.41) is 21.6. The average molecular weight is 410 g/mol. The van der Waals surface area contributed by atoms with Crippen LogP contribution >= 0.6 is 0 Å². The maximum atomic E-state index is 12.0. The Morgan fingerprint density at radius 2 is 1.57 bits per heavy atom. The molecule has 0 N–H and O–H groups in total. The Morgan fingerprint density at radius 3 is 2.14 bits per heavy atom. The Kier molecular flexibility index (Phi) is 6.38. The smallest absolute Gasteiger partial charge is 0.346 e. The van der Waals surface area contributed by atoms with E-state index in [1.54, 1.807) is 19.1 Å². The monoisotopic (exact) mass is 410 g/mol. The topological polar surface area (TPSA) is 156 Å². The van der Waals surface area contributed by atoms with Crippen molar-refractivity contribution in [3.63, 3.8) is 0 Å². The van der Waals surface area contributed by atoms with Gasteiger partial charge < -0.3 is 4.74 Å². The highest BCUT2D eigenvalue weighted by Gasteiger charge is 2.26. The van der Waals surface area contributed by atoms with Gasteiger partial charge >= 0.3 is 17.3 Å². The molecule has 0 radical (unpaired) electrons. The van der Waals surface area contributed by atoms with E-state index in [1.165, 1.54) is 12.1 Å². The summed E-state index contributed by atoms with van der Waals surface area (Å²) in [6.45, 7) is 0.866. The summed E-state index contributed by atoms with van der Waals surface area (Å²) < 4.78 is 33.5. The summed E-state index contributed by atoms with van der Waals surface area (Å²) in [5.41, 5.74) is -1.06. The van der Waals surface area contributed by atoms with Crippen LogP contribution in [0.1, 0.15) is 15.9 Å². The molecule has 0 unspecified atom stereocenters. The summed E-state index contributed by atoms with van der Waals surface area (Å²) in [5.74, 6) is -1.02. The highest BCUT2D eigenvalue weighted by Crippen LogP contribution is 2.27. The van der Waals surface area contributed by atoms with Crippen LogP contribution in [0.4, 0.5) is 11.4 Å². The lowest BCUT2D eigenvalue weighted by atomic mass is 10.2. The molecule has 28 heavy (non-hydrogen) atoms. The fourth-order valence-electron chi connectivity index (χ4n) is 2.09. The Labute approximate surface area is 158 Å². The molecule has 0 bridgehead atoms. The molecule has 0 fully saturated rings. The highest BCUT2D eigenvalue weighted by molar-refractivity contribution is 7.86. The second-order valence-corrected chi connectivity index (χ2v) is 7.06. The largest absolute Gasteiger partial charge is 0.460 e. The first kappa shape index (κ1) is 20.9. The summed E-state index contributed by atoms with van der Waals surface area (Å²) in [7, 11) is -4.03. The van der Waals surface area contributed by atoms with Crippen molar-refractivity contribution in [3.05, 3.63) is 73.8 Å². The molecule has 0 saturated carbocycles. The number of rotatable bonds is 8. The minimum Gasteiger partial charge on any atom is -0.460 e. The summed E-state index contributed by atoms with van der Waals surface area (Å²) >= 11 is 0. The zero-order chi connectivity index (χ0) is 20.9.